The summed E-state index contributed by atoms with van der Waals surface area (Å²) in [5.74, 6) is 1.66. The number of nitrogens with zero attached hydrogens (tertiary/aromatic N) is 2. The second-order valence-electron chi connectivity index (χ2n) is 4.10. The first-order valence-corrected chi connectivity index (χ1v) is 6.41. The molecule has 1 aliphatic carbocycles. The topological polar surface area (TPSA) is 63.8 Å². The molecule has 3 N–H and O–H groups in total. The molecule has 1 atom stereocenters. The van der Waals surface area contributed by atoms with Crippen molar-refractivity contribution < 1.29 is 0 Å². The molecule has 1 fully saturated rings. The highest BCUT2D eigenvalue weighted by Gasteiger charge is 2.27. The molecule has 15 heavy (non-hydrogen) atoms. The number of nitrogens with one attached hydrogen (secondary N) is 1. The molecule has 0 bridgehead atoms. The Balaban J connectivity index is 1.90. The Morgan fingerprint density at radius 3 is 3.00 bits per heavy atom. The van der Waals surface area contributed by atoms with Crippen molar-refractivity contribution in [2.45, 2.75) is 44.6 Å². The summed E-state index contributed by atoms with van der Waals surface area (Å²) in [7, 11) is 0. The van der Waals surface area contributed by atoms with Crippen LogP contribution in [0.25, 0.3) is 0 Å². The van der Waals surface area contributed by atoms with Crippen molar-refractivity contribution in [3.8, 4) is 0 Å². The average Bonchev–Trinajstić information content (AvgIpc) is 2.99. The highest BCUT2D eigenvalue weighted by molar-refractivity contribution is 7.09. The Labute approximate surface area is 94.5 Å². The van der Waals surface area contributed by atoms with Gasteiger partial charge >= 0.3 is 0 Å². The van der Waals surface area contributed by atoms with Gasteiger partial charge in [0.15, 0.2) is 0 Å². The van der Waals surface area contributed by atoms with Gasteiger partial charge in [-0.15, -0.1) is 0 Å². The Morgan fingerprint density at radius 2 is 2.40 bits per heavy atom. The molecule has 1 aromatic rings. The summed E-state index contributed by atoms with van der Waals surface area (Å²) in [6.07, 6.45) is 4.74. The van der Waals surface area contributed by atoms with E-state index in [0.717, 1.165) is 23.8 Å². The van der Waals surface area contributed by atoms with Gasteiger partial charge in [0.25, 0.3) is 0 Å². The molecule has 0 amide bonds. The van der Waals surface area contributed by atoms with Crippen molar-refractivity contribution in [1.29, 1.82) is 0 Å². The fraction of sp³-hybridized carbons (Fsp3) is 0.800. The summed E-state index contributed by atoms with van der Waals surface area (Å²) >= 11 is 1.46. The molecule has 84 valence electrons. The normalized spacial score (nSPS) is 17.7. The Bertz CT molecular complexity index is 308. The fourth-order valence-electron chi connectivity index (χ4n) is 1.57. The lowest BCUT2D eigenvalue weighted by Crippen LogP contribution is -2.28. The summed E-state index contributed by atoms with van der Waals surface area (Å²) < 4.78 is 4.35. The average molecular weight is 226 g/mol. The number of nitrogens with two attached hydrogens (primary N) is 1. The van der Waals surface area contributed by atoms with Crippen LogP contribution in [0.15, 0.2) is 0 Å². The maximum atomic E-state index is 5.68. The van der Waals surface area contributed by atoms with E-state index in [1.54, 1.807) is 0 Å². The van der Waals surface area contributed by atoms with Gasteiger partial charge in [-0.1, -0.05) is 13.3 Å². The molecule has 4 nitrogen and oxygen atoms in total. The van der Waals surface area contributed by atoms with Crippen LogP contribution in [0.5, 0.6) is 0 Å². The van der Waals surface area contributed by atoms with Crippen LogP contribution in [0.4, 0.5) is 5.13 Å². The molecule has 1 aliphatic rings. The van der Waals surface area contributed by atoms with Gasteiger partial charge in [-0.2, -0.15) is 4.37 Å². The van der Waals surface area contributed by atoms with Crippen LogP contribution in [-0.4, -0.2) is 21.9 Å². The van der Waals surface area contributed by atoms with E-state index in [1.807, 2.05) is 0 Å². The lowest BCUT2D eigenvalue weighted by molar-refractivity contribution is 0.647. The lowest BCUT2D eigenvalue weighted by Gasteiger charge is -2.13. The van der Waals surface area contributed by atoms with Crippen LogP contribution < -0.4 is 11.1 Å². The first-order chi connectivity index (χ1) is 7.33. The summed E-state index contributed by atoms with van der Waals surface area (Å²) in [5, 5.41) is 4.28. The first kappa shape index (κ1) is 10.8. The maximum absolute atomic E-state index is 5.68. The van der Waals surface area contributed by atoms with Crippen LogP contribution in [0.3, 0.4) is 0 Å². The third-order valence-corrected chi connectivity index (χ3v) is 3.29. The van der Waals surface area contributed by atoms with Crippen LogP contribution in [0, 0.1) is 0 Å². The second kappa shape index (κ2) is 4.90. The van der Waals surface area contributed by atoms with E-state index < -0.39 is 0 Å². The zero-order valence-corrected chi connectivity index (χ0v) is 9.89. The Kier molecular flexibility index (Phi) is 3.53. The highest BCUT2D eigenvalue weighted by atomic mass is 32.1. The number of aromatic nitrogens is 2. The minimum Gasteiger partial charge on any atom is -0.356 e. The van der Waals surface area contributed by atoms with Crippen molar-refractivity contribution in [2.75, 3.05) is 11.9 Å². The van der Waals surface area contributed by atoms with E-state index in [0.29, 0.717) is 18.5 Å². The summed E-state index contributed by atoms with van der Waals surface area (Å²) in [4.78, 5) is 4.48. The lowest BCUT2D eigenvalue weighted by atomic mass is 10.2. The second-order valence-corrected chi connectivity index (χ2v) is 4.85. The standard InChI is InChI=1S/C10H18N4S/c1-2-3-8(6-11)12-10-13-9(14-15-10)7-4-5-7/h7-8H,2-6,11H2,1H3,(H,12,13,14). The summed E-state index contributed by atoms with van der Waals surface area (Å²) in [6, 6.07) is 0.343. The van der Waals surface area contributed by atoms with Gasteiger partial charge < -0.3 is 11.1 Å². The molecule has 1 saturated carbocycles. The summed E-state index contributed by atoms with van der Waals surface area (Å²) in [5.41, 5.74) is 5.68. The summed E-state index contributed by atoms with van der Waals surface area (Å²) in [6.45, 7) is 2.83. The molecular formula is C10H18N4S. The largest absolute Gasteiger partial charge is 0.356 e. The number of anilines is 1. The van der Waals surface area contributed by atoms with Crippen molar-refractivity contribution in [3.05, 3.63) is 5.82 Å². The Hall–Kier alpha value is -0.680. The molecule has 0 spiro atoms. The van der Waals surface area contributed by atoms with Crippen LogP contribution in [-0.2, 0) is 0 Å². The maximum Gasteiger partial charge on any atom is 0.202 e. The smallest absolute Gasteiger partial charge is 0.202 e. The number of hydrogen-bond acceptors (Lipinski definition) is 5. The van der Waals surface area contributed by atoms with Gasteiger partial charge in [0.05, 0.1) is 0 Å². The van der Waals surface area contributed by atoms with E-state index >= 15 is 0 Å². The zero-order chi connectivity index (χ0) is 10.7. The molecular weight excluding hydrogens is 208 g/mol. The molecule has 2 rings (SSSR count). The van der Waals surface area contributed by atoms with Crippen LogP contribution in [0.1, 0.15) is 44.3 Å². The van der Waals surface area contributed by atoms with Gasteiger partial charge in [0.2, 0.25) is 5.13 Å². The monoisotopic (exact) mass is 226 g/mol. The van der Waals surface area contributed by atoms with E-state index in [-0.39, 0.29) is 0 Å². The minimum atomic E-state index is 0.343. The van der Waals surface area contributed by atoms with E-state index in [9.17, 15) is 0 Å². The molecule has 1 heterocycles. The Morgan fingerprint density at radius 1 is 1.60 bits per heavy atom. The van der Waals surface area contributed by atoms with Crippen molar-refractivity contribution >= 4 is 16.7 Å². The van der Waals surface area contributed by atoms with Gasteiger partial charge in [0, 0.05) is 30.0 Å². The van der Waals surface area contributed by atoms with E-state index in [4.69, 9.17) is 5.73 Å². The molecule has 0 aliphatic heterocycles. The predicted octanol–water partition coefficient (Wildman–Crippen LogP) is 1.95. The van der Waals surface area contributed by atoms with E-state index in [1.165, 1.54) is 24.4 Å². The van der Waals surface area contributed by atoms with Crippen molar-refractivity contribution in [2.24, 2.45) is 5.73 Å². The molecule has 5 heteroatoms. The van der Waals surface area contributed by atoms with Crippen LogP contribution >= 0.6 is 11.5 Å². The fourth-order valence-corrected chi connectivity index (χ4v) is 2.30. The van der Waals surface area contributed by atoms with Crippen molar-refractivity contribution in [1.82, 2.24) is 9.36 Å². The quantitative estimate of drug-likeness (QED) is 0.778. The molecule has 0 aromatic carbocycles. The van der Waals surface area contributed by atoms with Crippen LogP contribution in [0.2, 0.25) is 0 Å². The minimum absolute atomic E-state index is 0.343. The highest BCUT2D eigenvalue weighted by Crippen LogP contribution is 2.39. The third kappa shape index (κ3) is 2.89. The van der Waals surface area contributed by atoms with Gasteiger partial charge in [-0.3, -0.25) is 0 Å². The molecule has 0 saturated heterocycles. The zero-order valence-electron chi connectivity index (χ0n) is 9.07. The van der Waals surface area contributed by atoms with E-state index in [2.05, 4.69) is 21.6 Å². The van der Waals surface area contributed by atoms with Crippen molar-refractivity contribution in [3.63, 3.8) is 0 Å². The molecule has 0 radical (unpaired) electrons. The first-order valence-electron chi connectivity index (χ1n) is 5.63. The number of rotatable bonds is 6. The SMILES string of the molecule is CCCC(CN)Nc1nc(C2CC2)ns1. The third-order valence-electron chi connectivity index (χ3n) is 2.63. The predicted molar refractivity (Wildman–Crippen MR) is 63.3 cm³/mol. The van der Waals surface area contributed by atoms with Gasteiger partial charge in [0.1, 0.15) is 5.82 Å². The molecule has 1 aromatic heterocycles. The number of hydrogen-bond donors (Lipinski definition) is 2. The van der Waals surface area contributed by atoms with Gasteiger partial charge in [-0.05, 0) is 19.3 Å². The molecule has 1 unspecified atom stereocenters. The van der Waals surface area contributed by atoms with Gasteiger partial charge in [-0.25, -0.2) is 4.98 Å².